The van der Waals surface area contributed by atoms with Crippen molar-refractivity contribution >= 4 is 22.8 Å². The first kappa shape index (κ1) is 24.7. The first-order valence-electron chi connectivity index (χ1n) is 11.6. The molecule has 3 aromatic carbocycles. The van der Waals surface area contributed by atoms with Gasteiger partial charge in [-0.1, -0.05) is 60.7 Å². The lowest BCUT2D eigenvalue weighted by Gasteiger charge is -2.16. The van der Waals surface area contributed by atoms with Crippen LogP contribution in [0.15, 0.2) is 82.0 Å². The number of carboxylic acids is 1. The van der Waals surface area contributed by atoms with E-state index in [0.29, 0.717) is 28.9 Å². The second-order valence-corrected chi connectivity index (χ2v) is 8.66. The third-order valence-corrected chi connectivity index (χ3v) is 6.15. The van der Waals surface area contributed by atoms with Crippen molar-refractivity contribution in [1.29, 1.82) is 0 Å². The molecule has 0 aliphatic rings. The molecule has 0 bridgehead atoms. The van der Waals surface area contributed by atoms with Crippen LogP contribution in [0.4, 0.5) is 0 Å². The van der Waals surface area contributed by atoms with Gasteiger partial charge >= 0.3 is 11.6 Å². The molecule has 0 spiro atoms. The van der Waals surface area contributed by atoms with Crippen LogP contribution < -0.4 is 15.7 Å². The van der Waals surface area contributed by atoms with E-state index < -0.39 is 23.5 Å². The minimum Gasteiger partial charge on any atom is -0.483 e. The van der Waals surface area contributed by atoms with E-state index >= 15 is 0 Å². The molecule has 0 saturated heterocycles. The van der Waals surface area contributed by atoms with Gasteiger partial charge in [-0.3, -0.25) is 4.79 Å². The largest absolute Gasteiger partial charge is 0.483 e. The van der Waals surface area contributed by atoms with Crippen molar-refractivity contribution in [2.75, 3.05) is 6.61 Å². The molecule has 184 valence electrons. The van der Waals surface area contributed by atoms with E-state index in [1.54, 1.807) is 31.2 Å². The van der Waals surface area contributed by atoms with E-state index in [0.717, 1.165) is 22.1 Å². The summed E-state index contributed by atoms with van der Waals surface area (Å²) in [5, 5.41) is 12.8. The Morgan fingerprint density at radius 3 is 2.19 bits per heavy atom. The van der Waals surface area contributed by atoms with Crippen LogP contribution in [-0.4, -0.2) is 29.6 Å². The molecular formula is C29H27NO6. The van der Waals surface area contributed by atoms with Gasteiger partial charge in [0.1, 0.15) is 17.4 Å². The minimum atomic E-state index is -1.13. The second-order valence-electron chi connectivity index (χ2n) is 8.66. The smallest absolute Gasteiger partial charge is 0.340 e. The maximum absolute atomic E-state index is 12.8. The molecule has 1 atom stereocenters. The van der Waals surface area contributed by atoms with Gasteiger partial charge in [0, 0.05) is 29.4 Å². The highest BCUT2D eigenvalue weighted by molar-refractivity contribution is 5.87. The third kappa shape index (κ3) is 5.63. The maximum atomic E-state index is 12.8. The van der Waals surface area contributed by atoms with E-state index in [4.69, 9.17) is 9.15 Å². The molecule has 4 rings (SSSR count). The zero-order valence-electron chi connectivity index (χ0n) is 20.1. The molecule has 0 radical (unpaired) electrons. The average Bonchev–Trinajstić information content (AvgIpc) is 2.87. The number of carbonyl (C=O) groups excluding carboxylic acids is 1. The molecule has 7 heteroatoms. The van der Waals surface area contributed by atoms with Gasteiger partial charge < -0.3 is 19.6 Å². The highest BCUT2D eigenvalue weighted by Gasteiger charge is 2.21. The van der Waals surface area contributed by atoms with Crippen molar-refractivity contribution in [3.8, 4) is 5.75 Å². The number of hydrogen-bond acceptors (Lipinski definition) is 5. The molecule has 1 heterocycles. The van der Waals surface area contributed by atoms with E-state index in [-0.39, 0.29) is 13.0 Å². The summed E-state index contributed by atoms with van der Waals surface area (Å²) in [7, 11) is 0. The van der Waals surface area contributed by atoms with E-state index in [9.17, 15) is 19.5 Å². The van der Waals surface area contributed by atoms with Crippen LogP contribution >= 0.6 is 0 Å². The molecular weight excluding hydrogens is 458 g/mol. The van der Waals surface area contributed by atoms with Gasteiger partial charge in [-0.15, -0.1) is 0 Å². The zero-order valence-corrected chi connectivity index (χ0v) is 20.1. The van der Waals surface area contributed by atoms with Crippen LogP contribution in [-0.2, 0) is 22.4 Å². The Labute approximate surface area is 208 Å². The Hall–Kier alpha value is -4.39. The highest BCUT2D eigenvalue weighted by atomic mass is 16.5. The van der Waals surface area contributed by atoms with Gasteiger partial charge in [0.05, 0.1) is 0 Å². The van der Waals surface area contributed by atoms with Crippen LogP contribution in [0.1, 0.15) is 27.8 Å². The molecule has 1 aromatic heterocycles. The van der Waals surface area contributed by atoms with Gasteiger partial charge in [-0.05, 0) is 42.7 Å². The Kier molecular flexibility index (Phi) is 7.49. The Morgan fingerprint density at radius 1 is 0.917 bits per heavy atom. The number of aryl methyl sites for hydroxylation is 2. The Bertz CT molecular complexity index is 1440. The van der Waals surface area contributed by atoms with Gasteiger partial charge in [0.25, 0.3) is 5.91 Å². The van der Waals surface area contributed by atoms with Crippen LogP contribution in [0.3, 0.4) is 0 Å². The standard InChI is InChI=1S/C29H27NO6/c1-18-22-13-14-25(19(2)27(22)36-29(34)23(18)15-20-9-5-3-6-10-20)35-17-26(31)30-24(28(32)33)16-21-11-7-4-8-12-21/h3-14,24H,15-17H2,1-2H3,(H,30,31)(H,32,33)/t24-/m1/s1. The Morgan fingerprint density at radius 2 is 1.56 bits per heavy atom. The molecule has 0 aliphatic heterocycles. The number of fused-ring (bicyclic) bond motifs is 1. The van der Waals surface area contributed by atoms with E-state index in [1.165, 1.54) is 0 Å². The topological polar surface area (TPSA) is 106 Å². The fourth-order valence-corrected chi connectivity index (χ4v) is 4.16. The van der Waals surface area contributed by atoms with Gasteiger partial charge in [0.15, 0.2) is 6.61 Å². The van der Waals surface area contributed by atoms with Gasteiger partial charge in [-0.25, -0.2) is 9.59 Å². The number of rotatable bonds is 9. The molecule has 1 amide bonds. The average molecular weight is 486 g/mol. The van der Waals surface area contributed by atoms with Crippen molar-refractivity contribution in [3.63, 3.8) is 0 Å². The first-order valence-corrected chi connectivity index (χ1v) is 11.6. The minimum absolute atomic E-state index is 0.159. The number of carboxylic acid groups (broad SMARTS) is 1. The number of ether oxygens (including phenoxy) is 1. The maximum Gasteiger partial charge on any atom is 0.340 e. The molecule has 7 nitrogen and oxygen atoms in total. The number of nitrogens with one attached hydrogen (secondary N) is 1. The van der Waals surface area contributed by atoms with Crippen molar-refractivity contribution in [2.45, 2.75) is 32.7 Å². The third-order valence-electron chi connectivity index (χ3n) is 6.15. The van der Waals surface area contributed by atoms with Gasteiger partial charge in [0.2, 0.25) is 0 Å². The SMILES string of the molecule is Cc1c(Cc2ccccc2)c(=O)oc2c(C)c(OCC(=O)N[C@H](Cc3ccccc3)C(=O)O)ccc12. The first-order chi connectivity index (χ1) is 17.3. The van der Waals surface area contributed by atoms with Crippen LogP contribution in [0, 0.1) is 13.8 Å². The van der Waals surface area contributed by atoms with Crippen LogP contribution in [0.2, 0.25) is 0 Å². The summed E-state index contributed by atoms with van der Waals surface area (Å²) in [6, 6.07) is 21.2. The molecule has 4 aromatic rings. The number of amides is 1. The van der Waals surface area contributed by atoms with Crippen molar-refractivity contribution in [2.24, 2.45) is 0 Å². The van der Waals surface area contributed by atoms with Crippen LogP contribution in [0.25, 0.3) is 11.0 Å². The summed E-state index contributed by atoms with van der Waals surface area (Å²) in [6.07, 6.45) is 0.628. The number of aliphatic carboxylic acids is 1. The summed E-state index contributed by atoms with van der Waals surface area (Å²) in [5.74, 6) is -1.31. The molecule has 0 saturated carbocycles. The monoisotopic (exact) mass is 485 g/mol. The fourth-order valence-electron chi connectivity index (χ4n) is 4.16. The predicted octanol–water partition coefficient (Wildman–Crippen LogP) is 4.19. The van der Waals surface area contributed by atoms with Crippen LogP contribution in [0.5, 0.6) is 5.75 Å². The van der Waals surface area contributed by atoms with Crippen molar-refractivity contribution < 1.29 is 23.8 Å². The molecule has 2 N–H and O–H groups in total. The number of carbonyl (C=O) groups is 2. The summed E-state index contributed by atoms with van der Waals surface area (Å²) >= 11 is 0. The normalized spacial score (nSPS) is 11.7. The summed E-state index contributed by atoms with van der Waals surface area (Å²) in [4.78, 5) is 36.9. The van der Waals surface area contributed by atoms with E-state index in [2.05, 4.69) is 5.32 Å². The summed E-state index contributed by atoms with van der Waals surface area (Å²) in [5.41, 5.74) is 3.83. The van der Waals surface area contributed by atoms with E-state index in [1.807, 2.05) is 55.5 Å². The predicted molar refractivity (Wildman–Crippen MR) is 136 cm³/mol. The van der Waals surface area contributed by atoms with Crippen molar-refractivity contribution in [3.05, 3.63) is 111 Å². The number of benzene rings is 3. The quantitative estimate of drug-likeness (QED) is 0.345. The number of hydrogen-bond donors (Lipinski definition) is 2. The summed E-state index contributed by atoms with van der Waals surface area (Å²) < 4.78 is 11.3. The molecule has 0 aliphatic carbocycles. The Balaban J connectivity index is 1.48. The highest BCUT2D eigenvalue weighted by Crippen LogP contribution is 2.30. The lowest BCUT2D eigenvalue weighted by atomic mass is 9.98. The summed E-state index contributed by atoms with van der Waals surface area (Å²) in [6.45, 7) is 3.27. The molecule has 0 unspecified atom stereocenters. The van der Waals surface area contributed by atoms with Crippen molar-refractivity contribution in [1.82, 2.24) is 5.32 Å². The molecule has 0 fully saturated rings. The lowest BCUT2D eigenvalue weighted by molar-refractivity contribution is -0.142. The lowest BCUT2D eigenvalue weighted by Crippen LogP contribution is -2.44. The molecule has 36 heavy (non-hydrogen) atoms. The second kappa shape index (κ2) is 10.9. The zero-order chi connectivity index (χ0) is 25.7. The fraction of sp³-hybridized carbons (Fsp3) is 0.207. The van der Waals surface area contributed by atoms with Gasteiger partial charge in [-0.2, -0.15) is 0 Å².